The Labute approximate surface area is 159 Å². The Balaban J connectivity index is 2.04. The normalized spacial score (nSPS) is 16.1. The van der Waals surface area contributed by atoms with Gasteiger partial charge in [0, 0.05) is 16.7 Å². The van der Waals surface area contributed by atoms with Crippen molar-refractivity contribution in [3.8, 4) is 11.5 Å². The molecule has 1 heterocycles. The van der Waals surface area contributed by atoms with Gasteiger partial charge in [-0.1, -0.05) is 23.7 Å². The third-order valence-corrected chi connectivity index (χ3v) is 4.98. The van der Waals surface area contributed by atoms with Gasteiger partial charge in [0.1, 0.15) is 17.1 Å². The number of rotatable bonds is 3. The molecule has 0 fully saturated rings. The number of alkyl halides is 3. The standard InChI is InChI=1S/C18H14ClF3O4S/c1-17(2)10-15(11-3-5-12(19)6-4-11)14-8-7-13(9-16(14)25-17)26-27(23,24)18(20,21)22/h3-10H,1-2H3. The number of halogens is 4. The summed E-state index contributed by atoms with van der Waals surface area (Å²) in [5.74, 6) is -0.276. The zero-order valence-corrected chi connectivity index (χ0v) is 15.7. The number of hydrogen-bond acceptors (Lipinski definition) is 4. The van der Waals surface area contributed by atoms with E-state index < -0.39 is 27.0 Å². The van der Waals surface area contributed by atoms with Crippen LogP contribution in [0, 0.1) is 0 Å². The molecule has 144 valence electrons. The molecule has 0 saturated heterocycles. The molecule has 2 aromatic carbocycles. The Morgan fingerprint density at radius 1 is 1.07 bits per heavy atom. The molecule has 9 heteroatoms. The minimum Gasteiger partial charge on any atom is -0.483 e. The predicted molar refractivity (Wildman–Crippen MR) is 95.3 cm³/mol. The van der Waals surface area contributed by atoms with Gasteiger partial charge in [-0.25, -0.2) is 0 Å². The van der Waals surface area contributed by atoms with Gasteiger partial charge >= 0.3 is 15.6 Å². The van der Waals surface area contributed by atoms with Crippen molar-refractivity contribution in [2.45, 2.75) is 25.0 Å². The Morgan fingerprint density at radius 2 is 1.70 bits per heavy atom. The van der Waals surface area contributed by atoms with Crippen LogP contribution >= 0.6 is 11.6 Å². The van der Waals surface area contributed by atoms with Gasteiger partial charge in [-0.15, -0.1) is 0 Å². The van der Waals surface area contributed by atoms with E-state index in [1.54, 1.807) is 38.1 Å². The van der Waals surface area contributed by atoms with Gasteiger partial charge in [-0.2, -0.15) is 21.6 Å². The highest BCUT2D eigenvalue weighted by Gasteiger charge is 2.48. The average molecular weight is 419 g/mol. The van der Waals surface area contributed by atoms with Crippen molar-refractivity contribution in [3.63, 3.8) is 0 Å². The van der Waals surface area contributed by atoms with Crippen LogP contribution in [0.15, 0.2) is 48.5 Å². The number of ether oxygens (including phenoxy) is 1. The minimum atomic E-state index is -5.76. The van der Waals surface area contributed by atoms with Crippen LogP contribution in [0.3, 0.4) is 0 Å². The van der Waals surface area contributed by atoms with Crippen LogP contribution in [-0.2, 0) is 10.1 Å². The molecular formula is C18H14ClF3O4S. The first-order valence-electron chi connectivity index (χ1n) is 7.71. The summed E-state index contributed by atoms with van der Waals surface area (Å²) in [6.45, 7) is 3.54. The highest BCUT2D eigenvalue weighted by atomic mass is 35.5. The number of hydrogen-bond donors (Lipinski definition) is 0. The molecular weight excluding hydrogens is 405 g/mol. The molecule has 1 aliphatic rings. The Kier molecular flexibility index (Phi) is 4.68. The summed E-state index contributed by atoms with van der Waals surface area (Å²) in [6.07, 6.45) is 1.87. The first kappa shape index (κ1) is 19.6. The fourth-order valence-corrected chi connectivity index (χ4v) is 3.22. The lowest BCUT2D eigenvalue weighted by atomic mass is 9.90. The van der Waals surface area contributed by atoms with E-state index in [2.05, 4.69) is 4.18 Å². The zero-order valence-electron chi connectivity index (χ0n) is 14.2. The molecule has 0 aliphatic carbocycles. The molecule has 1 aliphatic heterocycles. The van der Waals surface area contributed by atoms with Gasteiger partial charge < -0.3 is 8.92 Å². The van der Waals surface area contributed by atoms with Crippen molar-refractivity contribution in [3.05, 3.63) is 64.7 Å². The molecule has 0 N–H and O–H groups in total. The Hall–Kier alpha value is -2.19. The van der Waals surface area contributed by atoms with Crippen LogP contribution in [-0.4, -0.2) is 19.5 Å². The summed E-state index contributed by atoms with van der Waals surface area (Å²) in [7, 11) is -5.76. The Bertz CT molecular complexity index is 1010. The van der Waals surface area contributed by atoms with Gasteiger partial charge in [-0.05, 0) is 55.3 Å². The van der Waals surface area contributed by atoms with Crippen molar-refractivity contribution >= 4 is 27.3 Å². The summed E-state index contributed by atoms with van der Waals surface area (Å²) >= 11 is 5.92. The lowest BCUT2D eigenvalue weighted by Crippen LogP contribution is -2.30. The summed E-state index contributed by atoms with van der Waals surface area (Å²) in [5.41, 5.74) is -4.09. The minimum absolute atomic E-state index is 0.210. The van der Waals surface area contributed by atoms with Crippen molar-refractivity contribution in [1.29, 1.82) is 0 Å². The van der Waals surface area contributed by atoms with E-state index in [-0.39, 0.29) is 5.75 Å². The number of fused-ring (bicyclic) bond motifs is 1. The quantitative estimate of drug-likeness (QED) is 0.509. The Morgan fingerprint density at radius 3 is 2.30 bits per heavy atom. The summed E-state index contributed by atoms with van der Waals surface area (Å²) < 4.78 is 70.0. The zero-order chi connectivity index (χ0) is 20.0. The maximum atomic E-state index is 12.5. The van der Waals surface area contributed by atoms with E-state index in [4.69, 9.17) is 16.3 Å². The van der Waals surface area contributed by atoms with E-state index in [0.29, 0.717) is 10.6 Å². The van der Waals surface area contributed by atoms with Crippen molar-refractivity contribution in [1.82, 2.24) is 0 Å². The van der Waals surface area contributed by atoms with Crippen molar-refractivity contribution in [2.75, 3.05) is 0 Å². The van der Waals surface area contributed by atoms with Gasteiger partial charge in [0.05, 0.1) is 0 Å². The lowest BCUT2D eigenvalue weighted by molar-refractivity contribution is -0.0500. The molecule has 0 aromatic heterocycles. The van der Waals surface area contributed by atoms with Crippen LogP contribution in [0.25, 0.3) is 5.57 Å². The highest BCUT2D eigenvalue weighted by molar-refractivity contribution is 7.88. The molecule has 4 nitrogen and oxygen atoms in total. The molecule has 0 spiro atoms. The third-order valence-electron chi connectivity index (χ3n) is 3.75. The second-order valence-electron chi connectivity index (χ2n) is 6.41. The molecule has 0 unspecified atom stereocenters. The van der Waals surface area contributed by atoms with Gasteiger partial charge in [0.2, 0.25) is 0 Å². The van der Waals surface area contributed by atoms with Crippen LogP contribution in [0.4, 0.5) is 13.2 Å². The topological polar surface area (TPSA) is 52.6 Å². The number of benzene rings is 2. The molecule has 0 bridgehead atoms. The van der Waals surface area contributed by atoms with E-state index in [0.717, 1.165) is 23.3 Å². The third kappa shape index (κ3) is 4.06. The molecule has 0 radical (unpaired) electrons. The molecule has 0 atom stereocenters. The summed E-state index contributed by atoms with van der Waals surface area (Å²) in [6, 6.07) is 10.8. The molecule has 2 aromatic rings. The highest BCUT2D eigenvalue weighted by Crippen LogP contribution is 2.42. The maximum absolute atomic E-state index is 12.5. The smallest absolute Gasteiger partial charge is 0.483 e. The van der Waals surface area contributed by atoms with Crippen molar-refractivity contribution in [2.24, 2.45) is 0 Å². The van der Waals surface area contributed by atoms with E-state index in [9.17, 15) is 21.6 Å². The van der Waals surface area contributed by atoms with Crippen LogP contribution in [0.5, 0.6) is 11.5 Å². The van der Waals surface area contributed by atoms with Crippen molar-refractivity contribution < 1.29 is 30.5 Å². The molecule has 0 saturated carbocycles. The van der Waals surface area contributed by atoms with E-state index >= 15 is 0 Å². The van der Waals surface area contributed by atoms with Gasteiger partial charge in [0.25, 0.3) is 0 Å². The predicted octanol–water partition coefficient (Wildman–Crippen LogP) is 5.17. The molecule has 0 amide bonds. The second-order valence-corrected chi connectivity index (χ2v) is 8.39. The maximum Gasteiger partial charge on any atom is 0.534 e. The average Bonchev–Trinajstić information content (AvgIpc) is 2.52. The largest absolute Gasteiger partial charge is 0.534 e. The lowest BCUT2D eigenvalue weighted by Gasteiger charge is -2.31. The van der Waals surface area contributed by atoms with E-state index in [1.165, 1.54) is 6.07 Å². The second kappa shape index (κ2) is 6.45. The monoisotopic (exact) mass is 418 g/mol. The van der Waals surface area contributed by atoms with Gasteiger partial charge in [0.15, 0.2) is 0 Å². The van der Waals surface area contributed by atoms with Gasteiger partial charge in [-0.3, -0.25) is 0 Å². The molecule has 27 heavy (non-hydrogen) atoms. The first-order valence-corrected chi connectivity index (χ1v) is 9.50. The van der Waals surface area contributed by atoms with Crippen LogP contribution in [0.2, 0.25) is 5.02 Å². The molecule has 3 rings (SSSR count). The fourth-order valence-electron chi connectivity index (χ4n) is 2.64. The first-order chi connectivity index (χ1) is 12.4. The SMILES string of the molecule is CC1(C)C=C(c2ccc(Cl)cc2)c2ccc(OS(=O)(=O)C(F)(F)F)cc2O1. The van der Waals surface area contributed by atoms with Crippen LogP contribution < -0.4 is 8.92 Å². The van der Waals surface area contributed by atoms with Crippen LogP contribution in [0.1, 0.15) is 25.0 Å². The fraction of sp³-hybridized carbons (Fsp3) is 0.222. The van der Waals surface area contributed by atoms with E-state index in [1.807, 2.05) is 6.08 Å². The summed E-state index contributed by atoms with van der Waals surface area (Å²) in [4.78, 5) is 0. The summed E-state index contributed by atoms with van der Waals surface area (Å²) in [5, 5.41) is 0.562.